The lowest BCUT2D eigenvalue weighted by Crippen LogP contribution is -2.16. The maximum atomic E-state index is 9.08. The Hall–Kier alpha value is -1.16. The van der Waals surface area contributed by atoms with Crippen LogP contribution >= 0.6 is 0 Å². The van der Waals surface area contributed by atoms with Crippen LogP contribution in [0.25, 0.3) is 0 Å². The van der Waals surface area contributed by atoms with E-state index < -0.39 is 0 Å². The summed E-state index contributed by atoms with van der Waals surface area (Å²) in [6, 6.07) is 1.72. The molecule has 2 unspecified atom stereocenters. The van der Waals surface area contributed by atoms with Gasteiger partial charge in [0.15, 0.2) is 0 Å². The van der Waals surface area contributed by atoms with E-state index in [1.807, 2.05) is 0 Å². The van der Waals surface area contributed by atoms with Crippen LogP contribution in [0, 0.1) is 5.92 Å². The van der Waals surface area contributed by atoms with E-state index in [1.54, 1.807) is 18.5 Å². The minimum Gasteiger partial charge on any atom is -0.393 e. The van der Waals surface area contributed by atoms with Gasteiger partial charge in [0.05, 0.1) is 6.10 Å². The molecule has 4 heteroatoms. The van der Waals surface area contributed by atoms with Gasteiger partial charge in [0, 0.05) is 12.4 Å². The van der Waals surface area contributed by atoms with Crippen molar-refractivity contribution in [1.82, 2.24) is 9.97 Å². The second-order valence-electron chi connectivity index (χ2n) is 4.03. The van der Waals surface area contributed by atoms with Gasteiger partial charge >= 0.3 is 0 Å². The molecule has 0 spiro atoms. The van der Waals surface area contributed by atoms with Crippen LogP contribution in [0.1, 0.15) is 32.6 Å². The summed E-state index contributed by atoms with van der Waals surface area (Å²) in [4.78, 5) is 7.29. The first kappa shape index (κ1) is 11.9. The third kappa shape index (κ3) is 5.32. The molecule has 0 amide bonds. The summed E-state index contributed by atoms with van der Waals surface area (Å²) < 4.78 is 0. The van der Waals surface area contributed by atoms with Crippen molar-refractivity contribution in [2.75, 3.05) is 5.73 Å². The summed E-state index contributed by atoms with van der Waals surface area (Å²) >= 11 is 0. The number of aromatic nitrogens is 2. The van der Waals surface area contributed by atoms with Crippen molar-refractivity contribution in [3.63, 3.8) is 0 Å². The number of rotatable bonds is 0. The van der Waals surface area contributed by atoms with Crippen molar-refractivity contribution >= 4 is 5.95 Å². The summed E-state index contributed by atoms with van der Waals surface area (Å²) in [6.45, 7) is 2.21. The molecule has 0 bridgehead atoms. The monoisotopic (exact) mass is 209 g/mol. The lowest BCUT2D eigenvalue weighted by molar-refractivity contribution is 0.106. The van der Waals surface area contributed by atoms with E-state index in [1.165, 1.54) is 12.8 Å². The number of anilines is 1. The Balaban J connectivity index is 0.000000151. The molecule has 15 heavy (non-hydrogen) atoms. The predicted molar refractivity (Wildman–Crippen MR) is 60.1 cm³/mol. The molecule has 1 aromatic rings. The average molecular weight is 209 g/mol. The third-order valence-electron chi connectivity index (χ3n) is 2.49. The van der Waals surface area contributed by atoms with Gasteiger partial charge in [-0.25, -0.2) is 9.97 Å². The highest BCUT2D eigenvalue weighted by Gasteiger charge is 2.15. The molecule has 0 saturated heterocycles. The third-order valence-corrected chi connectivity index (χ3v) is 2.49. The molecule has 1 aromatic heterocycles. The summed E-state index contributed by atoms with van der Waals surface area (Å²) in [6.07, 6.45) is 7.81. The standard InChI is InChI=1S/C7H14O.C4H5N3/c1-6-3-2-4-7(8)5-6;5-4-6-2-1-3-7-4/h6-8H,2-5H2,1H3;1-3H,(H2,5,6,7). The first-order valence-electron chi connectivity index (χ1n) is 5.39. The molecule has 0 aliphatic heterocycles. The van der Waals surface area contributed by atoms with Gasteiger partial charge in [-0.3, -0.25) is 0 Å². The van der Waals surface area contributed by atoms with E-state index in [-0.39, 0.29) is 6.10 Å². The van der Waals surface area contributed by atoms with Gasteiger partial charge in [0.2, 0.25) is 5.95 Å². The Kier molecular flexibility index (Phi) is 5.04. The van der Waals surface area contributed by atoms with E-state index in [2.05, 4.69) is 16.9 Å². The minimum absolute atomic E-state index is 0.0127. The van der Waals surface area contributed by atoms with Gasteiger partial charge in [-0.15, -0.1) is 0 Å². The van der Waals surface area contributed by atoms with Crippen LogP contribution in [0.2, 0.25) is 0 Å². The highest BCUT2D eigenvalue weighted by atomic mass is 16.3. The number of aliphatic hydroxyl groups is 1. The molecule has 3 N–H and O–H groups in total. The molecule has 84 valence electrons. The fourth-order valence-corrected chi connectivity index (χ4v) is 1.71. The lowest BCUT2D eigenvalue weighted by atomic mass is 9.89. The van der Waals surface area contributed by atoms with Crippen molar-refractivity contribution in [3.05, 3.63) is 18.5 Å². The van der Waals surface area contributed by atoms with Gasteiger partial charge in [-0.2, -0.15) is 0 Å². The van der Waals surface area contributed by atoms with Crippen molar-refractivity contribution in [3.8, 4) is 0 Å². The topological polar surface area (TPSA) is 72.0 Å². The number of hydrogen-bond acceptors (Lipinski definition) is 4. The zero-order valence-electron chi connectivity index (χ0n) is 9.13. The maximum absolute atomic E-state index is 9.08. The SMILES string of the molecule is CC1CCCC(O)C1.Nc1ncccn1. The van der Waals surface area contributed by atoms with Crippen LogP contribution in [0.3, 0.4) is 0 Å². The fraction of sp³-hybridized carbons (Fsp3) is 0.636. The predicted octanol–water partition coefficient (Wildman–Crippen LogP) is 1.62. The normalized spacial score (nSPS) is 25.2. The quantitative estimate of drug-likeness (QED) is 0.681. The molecule has 0 aromatic carbocycles. The molecule has 1 heterocycles. The Morgan fingerprint density at radius 3 is 2.33 bits per heavy atom. The Morgan fingerprint density at radius 1 is 1.33 bits per heavy atom. The number of hydrogen-bond donors (Lipinski definition) is 2. The summed E-state index contributed by atoms with van der Waals surface area (Å²) in [5.41, 5.74) is 5.14. The van der Waals surface area contributed by atoms with Crippen LogP contribution in [-0.2, 0) is 0 Å². The number of aliphatic hydroxyl groups excluding tert-OH is 1. The van der Waals surface area contributed by atoms with E-state index in [0.717, 1.165) is 18.8 Å². The number of nitrogens with two attached hydrogens (primary N) is 1. The molecule has 2 atom stereocenters. The molecule has 0 radical (unpaired) electrons. The molecule has 2 rings (SSSR count). The van der Waals surface area contributed by atoms with Crippen molar-refractivity contribution in [1.29, 1.82) is 0 Å². The van der Waals surface area contributed by atoms with E-state index in [0.29, 0.717) is 5.95 Å². The van der Waals surface area contributed by atoms with Crippen molar-refractivity contribution < 1.29 is 5.11 Å². The zero-order valence-corrected chi connectivity index (χ0v) is 9.13. The van der Waals surface area contributed by atoms with E-state index in [9.17, 15) is 0 Å². The highest BCUT2D eigenvalue weighted by Crippen LogP contribution is 2.22. The zero-order chi connectivity index (χ0) is 11.1. The van der Waals surface area contributed by atoms with Crippen LogP contribution in [0.5, 0.6) is 0 Å². The van der Waals surface area contributed by atoms with Gasteiger partial charge in [-0.1, -0.05) is 19.8 Å². The lowest BCUT2D eigenvalue weighted by Gasteiger charge is -2.21. The fourth-order valence-electron chi connectivity index (χ4n) is 1.71. The van der Waals surface area contributed by atoms with E-state index in [4.69, 9.17) is 10.8 Å². The second-order valence-corrected chi connectivity index (χ2v) is 4.03. The van der Waals surface area contributed by atoms with Gasteiger partial charge in [0.25, 0.3) is 0 Å². The van der Waals surface area contributed by atoms with Crippen LogP contribution in [-0.4, -0.2) is 21.2 Å². The first-order valence-corrected chi connectivity index (χ1v) is 5.39. The number of nitrogens with zero attached hydrogens (tertiary/aromatic N) is 2. The largest absolute Gasteiger partial charge is 0.393 e. The maximum Gasteiger partial charge on any atom is 0.219 e. The molecule has 4 nitrogen and oxygen atoms in total. The van der Waals surface area contributed by atoms with Gasteiger partial charge < -0.3 is 10.8 Å². The Bertz CT molecular complexity index is 258. The van der Waals surface area contributed by atoms with Gasteiger partial charge in [-0.05, 0) is 24.8 Å². The van der Waals surface area contributed by atoms with Gasteiger partial charge in [0.1, 0.15) is 0 Å². The Labute approximate surface area is 90.6 Å². The summed E-state index contributed by atoms with van der Waals surface area (Å²) in [7, 11) is 0. The Morgan fingerprint density at radius 2 is 2.00 bits per heavy atom. The molecule has 1 aliphatic carbocycles. The van der Waals surface area contributed by atoms with E-state index >= 15 is 0 Å². The highest BCUT2D eigenvalue weighted by molar-refractivity contribution is 5.11. The average Bonchev–Trinajstić information content (AvgIpc) is 2.19. The van der Waals surface area contributed by atoms with Crippen molar-refractivity contribution in [2.45, 2.75) is 38.7 Å². The van der Waals surface area contributed by atoms with Crippen LogP contribution in [0.4, 0.5) is 5.95 Å². The summed E-state index contributed by atoms with van der Waals surface area (Å²) in [5.74, 6) is 1.08. The molecular weight excluding hydrogens is 190 g/mol. The van der Waals surface area contributed by atoms with Crippen LogP contribution in [0.15, 0.2) is 18.5 Å². The smallest absolute Gasteiger partial charge is 0.219 e. The molecular formula is C11H19N3O. The number of nitrogen functional groups attached to an aromatic ring is 1. The molecule has 1 aliphatic rings. The molecule has 1 saturated carbocycles. The minimum atomic E-state index is 0.0127. The first-order chi connectivity index (χ1) is 7.18. The van der Waals surface area contributed by atoms with Crippen molar-refractivity contribution in [2.24, 2.45) is 5.92 Å². The van der Waals surface area contributed by atoms with Crippen LogP contribution < -0.4 is 5.73 Å². The molecule has 1 fully saturated rings. The summed E-state index contributed by atoms with van der Waals surface area (Å²) in [5, 5.41) is 9.08. The second kappa shape index (κ2) is 6.35.